The lowest BCUT2D eigenvalue weighted by atomic mass is 10.1. The van der Waals surface area contributed by atoms with Crippen molar-refractivity contribution in [2.45, 2.75) is 39.3 Å². The van der Waals surface area contributed by atoms with Crippen molar-refractivity contribution in [3.05, 3.63) is 72.2 Å². The number of carbonyl (C=O) groups is 1. The first-order valence-corrected chi connectivity index (χ1v) is 11.1. The highest BCUT2D eigenvalue weighted by molar-refractivity contribution is 5.88. The van der Waals surface area contributed by atoms with Crippen LogP contribution in [0.4, 0.5) is 16.7 Å². The zero-order valence-corrected chi connectivity index (χ0v) is 18.9. The number of fused-ring (bicyclic) bond motifs is 1. The Kier molecular flexibility index (Phi) is 5.42. The molecule has 5 rings (SSSR count). The molecule has 2 aromatic carbocycles. The normalized spacial score (nSPS) is 16.8. The molecule has 3 heterocycles. The van der Waals surface area contributed by atoms with E-state index in [1.54, 1.807) is 6.92 Å². The highest BCUT2D eigenvalue weighted by Gasteiger charge is 2.35. The van der Waals surface area contributed by atoms with Gasteiger partial charge in [-0.3, -0.25) is 0 Å². The number of ether oxygens (including phenoxy) is 1. The first-order valence-electron chi connectivity index (χ1n) is 11.1. The van der Waals surface area contributed by atoms with Crippen molar-refractivity contribution in [1.82, 2.24) is 19.5 Å². The quantitative estimate of drug-likeness (QED) is 0.451. The molecule has 1 aliphatic rings. The number of nitrogens with zero attached hydrogens (tertiary/aromatic N) is 5. The van der Waals surface area contributed by atoms with Crippen LogP contribution in [0, 0.1) is 6.92 Å². The van der Waals surface area contributed by atoms with E-state index >= 15 is 0 Å². The van der Waals surface area contributed by atoms with Gasteiger partial charge >= 0.3 is 6.09 Å². The van der Waals surface area contributed by atoms with E-state index < -0.39 is 6.09 Å². The maximum absolute atomic E-state index is 12.2. The average Bonchev–Trinajstić information content (AvgIpc) is 3.41. The highest BCUT2D eigenvalue weighted by atomic mass is 16.6. The number of rotatable bonds is 6. The fourth-order valence-corrected chi connectivity index (χ4v) is 4.15. The first kappa shape index (κ1) is 20.9. The van der Waals surface area contributed by atoms with Crippen LogP contribution in [0.15, 0.2) is 60.8 Å². The summed E-state index contributed by atoms with van der Waals surface area (Å²) in [4.78, 5) is 27.1. The molecule has 0 spiro atoms. The average molecular weight is 443 g/mol. The lowest BCUT2D eigenvalue weighted by molar-refractivity contribution is 0.178. The Hall–Kier alpha value is -3.94. The van der Waals surface area contributed by atoms with Gasteiger partial charge in [0, 0.05) is 11.9 Å². The Morgan fingerprint density at radius 1 is 1.12 bits per heavy atom. The second-order valence-electron chi connectivity index (χ2n) is 8.22. The number of nitrogens with one attached hydrogen (secondary N) is 1. The fourth-order valence-electron chi connectivity index (χ4n) is 4.15. The van der Waals surface area contributed by atoms with Crippen LogP contribution in [0.3, 0.4) is 0 Å². The van der Waals surface area contributed by atoms with Crippen molar-refractivity contribution in [3.8, 4) is 5.69 Å². The molecule has 33 heavy (non-hydrogen) atoms. The molecule has 1 N–H and O–H groups in total. The van der Waals surface area contributed by atoms with Crippen LogP contribution in [0.25, 0.3) is 16.6 Å². The molecule has 4 aromatic rings. The van der Waals surface area contributed by atoms with Crippen LogP contribution in [0.2, 0.25) is 0 Å². The smallest absolute Gasteiger partial charge is 0.417 e. The van der Waals surface area contributed by atoms with Crippen LogP contribution < -0.4 is 10.2 Å². The van der Waals surface area contributed by atoms with Crippen LogP contribution in [-0.2, 0) is 4.74 Å². The number of anilines is 2. The van der Waals surface area contributed by atoms with Gasteiger partial charge in [-0.05, 0) is 55.5 Å². The predicted octanol–water partition coefficient (Wildman–Crippen LogP) is 5.03. The third-order valence-corrected chi connectivity index (χ3v) is 5.98. The molecule has 0 radical (unpaired) electrons. The zero-order valence-electron chi connectivity index (χ0n) is 18.9. The number of hydrogen-bond donors (Lipinski definition) is 1. The summed E-state index contributed by atoms with van der Waals surface area (Å²) in [6.07, 6.45) is 2.43. The molecule has 0 saturated carbocycles. The number of aryl methyl sites for hydroxylation is 1. The van der Waals surface area contributed by atoms with Gasteiger partial charge in [0.2, 0.25) is 11.9 Å². The van der Waals surface area contributed by atoms with Gasteiger partial charge in [-0.2, -0.15) is 15.0 Å². The summed E-state index contributed by atoms with van der Waals surface area (Å²) < 4.78 is 7.38. The van der Waals surface area contributed by atoms with Crippen LogP contribution >= 0.6 is 0 Å². The summed E-state index contributed by atoms with van der Waals surface area (Å²) >= 11 is 0. The summed E-state index contributed by atoms with van der Waals surface area (Å²) in [6, 6.07) is 18.7. The maximum atomic E-state index is 12.2. The van der Waals surface area contributed by atoms with Crippen molar-refractivity contribution in [1.29, 1.82) is 0 Å². The van der Waals surface area contributed by atoms with Gasteiger partial charge in [-0.25, -0.2) is 9.69 Å². The number of para-hydroxylation sites is 1. The maximum Gasteiger partial charge on any atom is 0.417 e. The molecule has 1 amide bonds. The largest absolute Gasteiger partial charge is 0.447 e. The van der Waals surface area contributed by atoms with Crippen LogP contribution in [-0.4, -0.2) is 38.3 Å². The molecular weight excluding hydrogens is 416 g/mol. The molecule has 1 saturated heterocycles. The van der Waals surface area contributed by atoms with E-state index in [1.165, 1.54) is 10.3 Å². The van der Waals surface area contributed by atoms with Gasteiger partial charge in [0.15, 0.2) is 0 Å². The summed E-state index contributed by atoms with van der Waals surface area (Å²) in [5.74, 6) is 1.29. The van der Waals surface area contributed by atoms with E-state index in [4.69, 9.17) is 4.74 Å². The minimum absolute atomic E-state index is 0.0596. The summed E-state index contributed by atoms with van der Waals surface area (Å²) in [7, 11) is 0. The van der Waals surface area contributed by atoms with Crippen LogP contribution in [0.1, 0.15) is 37.7 Å². The summed E-state index contributed by atoms with van der Waals surface area (Å²) in [6.45, 7) is 6.22. The van der Waals surface area contributed by atoms with E-state index in [1.807, 2.05) is 25.1 Å². The monoisotopic (exact) mass is 442 g/mol. The van der Waals surface area contributed by atoms with Crippen molar-refractivity contribution >= 4 is 28.9 Å². The lowest BCUT2D eigenvalue weighted by Crippen LogP contribution is -2.34. The minimum atomic E-state index is -0.418. The molecular formula is C25H26N6O2. The molecule has 2 aromatic heterocycles. The lowest BCUT2D eigenvalue weighted by Gasteiger charge is -2.20. The molecule has 8 nitrogen and oxygen atoms in total. The third-order valence-electron chi connectivity index (χ3n) is 5.98. The molecule has 2 atom stereocenters. The number of aromatic nitrogens is 4. The van der Waals surface area contributed by atoms with Crippen molar-refractivity contribution in [2.24, 2.45) is 0 Å². The van der Waals surface area contributed by atoms with E-state index in [2.05, 4.69) is 74.4 Å². The highest BCUT2D eigenvalue weighted by Crippen LogP contribution is 2.27. The standard InChI is InChI=1S/C25H26N6O2/c1-4-20-15-33-25(32)31(20)24-28-17(3)27-23(29-24)26-16(2)19-11-10-18-12-13-30(22(18)14-19)21-8-6-5-7-9-21/h5-14,16,20H,4,15H2,1-3H3,(H,26,27,28,29)/t16?,20-/m0/s1. The van der Waals surface area contributed by atoms with Gasteiger partial charge < -0.3 is 14.6 Å². The Morgan fingerprint density at radius 2 is 1.94 bits per heavy atom. The van der Waals surface area contributed by atoms with Gasteiger partial charge in [0.25, 0.3) is 0 Å². The molecule has 168 valence electrons. The third kappa shape index (κ3) is 4.00. The zero-order chi connectivity index (χ0) is 22.9. The molecule has 1 unspecified atom stereocenters. The van der Waals surface area contributed by atoms with E-state index in [9.17, 15) is 4.79 Å². The second-order valence-corrected chi connectivity index (χ2v) is 8.22. The van der Waals surface area contributed by atoms with E-state index in [-0.39, 0.29) is 12.1 Å². The Morgan fingerprint density at radius 3 is 2.73 bits per heavy atom. The van der Waals surface area contributed by atoms with Crippen LogP contribution in [0.5, 0.6) is 0 Å². The Labute approximate surface area is 192 Å². The van der Waals surface area contributed by atoms with Crippen molar-refractivity contribution < 1.29 is 9.53 Å². The SMILES string of the molecule is CC[C@H]1COC(=O)N1c1nc(C)nc(NC(C)c2ccc3ccn(-c4ccccc4)c3c2)n1. The number of amides is 1. The first-order chi connectivity index (χ1) is 16.0. The second kappa shape index (κ2) is 8.54. The molecule has 0 bridgehead atoms. The molecule has 8 heteroatoms. The number of carbonyl (C=O) groups excluding carboxylic acids is 1. The summed E-state index contributed by atoms with van der Waals surface area (Å²) in [5, 5.41) is 4.55. The minimum Gasteiger partial charge on any atom is -0.447 e. The van der Waals surface area contributed by atoms with Crippen molar-refractivity contribution in [2.75, 3.05) is 16.8 Å². The van der Waals surface area contributed by atoms with Gasteiger partial charge in [0.1, 0.15) is 12.4 Å². The Bertz CT molecular complexity index is 1300. The van der Waals surface area contributed by atoms with Gasteiger partial charge in [0.05, 0.1) is 17.6 Å². The van der Waals surface area contributed by atoms with E-state index in [0.717, 1.165) is 23.2 Å². The van der Waals surface area contributed by atoms with Gasteiger partial charge in [-0.1, -0.05) is 37.3 Å². The molecule has 0 aliphatic carbocycles. The number of benzene rings is 2. The number of cyclic esters (lactones) is 1. The molecule has 1 fully saturated rings. The summed E-state index contributed by atoms with van der Waals surface area (Å²) in [5.41, 5.74) is 3.35. The number of hydrogen-bond acceptors (Lipinski definition) is 6. The fraction of sp³-hybridized carbons (Fsp3) is 0.280. The Balaban J connectivity index is 1.43. The predicted molar refractivity (Wildman–Crippen MR) is 128 cm³/mol. The topological polar surface area (TPSA) is 85.2 Å². The van der Waals surface area contributed by atoms with Crippen molar-refractivity contribution in [3.63, 3.8) is 0 Å². The van der Waals surface area contributed by atoms with E-state index in [0.29, 0.717) is 24.3 Å². The van der Waals surface area contributed by atoms with Gasteiger partial charge in [-0.15, -0.1) is 0 Å². The molecule has 1 aliphatic heterocycles.